The van der Waals surface area contributed by atoms with Gasteiger partial charge in [0.1, 0.15) is 11.1 Å². The molecular formula is C11H19NO5. The quantitative estimate of drug-likeness (QED) is 0.585. The molecule has 17 heavy (non-hydrogen) atoms. The minimum atomic E-state index is -1.75. The Kier molecular flexibility index (Phi) is 3.50. The second kappa shape index (κ2) is 4.27. The zero-order chi connectivity index (χ0) is 13.4. The molecule has 0 radical (unpaired) electrons. The molecule has 4 N–H and O–H groups in total. The van der Waals surface area contributed by atoms with Gasteiger partial charge in [0.25, 0.3) is 0 Å². The van der Waals surface area contributed by atoms with Crippen molar-refractivity contribution < 1.29 is 24.5 Å². The van der Waals surface area contributed by atoms with Crippen molar-refractivity contribution in [3.8, 4) is 0 Å². The SMILES string of the molecule is CC(C)(C)OC(=O)C1CC(O)C(N)(C(=O)O)C1. The van der Waals surface area contributed by atoms with Gasteiger partial charge in [0, 0.05) is 0 Å². The summed E-state index contributed by atoms with van der Waals surface area (Å²) in [5.74, 6) is -2.47. The highest BCUT2D eigenvalue weighted by molar-refractivity contribution is 5.83. The van der Waals surface area contributed by atoms with Gasteiger partial charge in [-0.2, -0.15) is 0 Å². The number of carboxylic acids is 1. The fourth-order valence-electron chi connectivity index (χ4n) is 1.90. The van der Waals surface area contributed by atoms with Crippen LogP contribution in [0.3, 0.4) is 0 Å². The first-order chi connectivity index (χ1) is 7.56. The maximum Gasteiger partial charge on any atom is 0.326 e. The van der Waals surface area contributed by atoms with E-state index in [4.69, 9.17) is 15.6 Å². The van der Waals surface area contributed by atoms with Gasteiger partial charge >= 0.3 is 11.9 Å². The van der Waals surface area contributed by atoms with Crippen molar-refractivity contribution in [1.82, 2.24) is 0 Å². The van der Waals surface area contributed by atoms with Crippen molar-refractivity contribution in [2.24, 2.45) is 11.7 Å². The smallest absolute Gasteiger partial charge is 0.326 e. The van der Waals surface area contributed by atoms with Gasteiger partial charge in [0.15, 0.2) is 0 Å². The summed E-state index contributed by atoms with van der Waals surface area (Å²) in [7, 11) is 0. The zero-order valence-electron chi connectivity index (χ0n) is 10.3. The lowest BCUT2D eigenvalue weighted by atomic mass is 9.96. The molecule has 1 rings (SSSR count). The molecule has 1 aliphatic rings. The number of hydrogen-bond donors (Lipinski definition) is 3. The van der Waals surface area contributed by atoms with Gasteiger partial charge < -0.3 is 20.7 Å². The monoisotopic (exact) mass is 245 g/mol. The van der Waals surface area contributed by atoms with Gasteiger partial charge in [-0.3, -0.25) is 9.59 Å². The molecular weight excluding hydrogens is 226 g/mol. The highest BCUT2D eigenvalue weighted by Crippen LogP contribution is 2.34. The van der Waals surface area contributed by atoms with Crippen molar-refractivity contribution in [2.45, 2.75) is 50.9 Å². The molecule has 0 aliphatic heterocycles. The number of aliphatic hydroxyl groups excluding tert-OH is 1. The number of carbonyl (C=O) groups is 2. The largest absolute Gasteiger partial charge is 0.480 e. The summed E-state index contributed by atoms with van der Waals surface area (Å²) in [4.78, 5) is 22.7. The summed E-state index contributed by atoms with van der Waals surface area (Å²) < 4.78 is 5.14. The van der Waals surface area contributed by atoms with E-state index in [1.165, 1.54) is 0 Å². The van der Waals surface area contributed by atoms with Gasteiger partial charge in [-0.05, 0) is 33.6 Å². The molecule has 0 amide bonds. The summed E-state index contributed by atoms with van der Waals surface area (Å²) in [6.07, 6.45) is -1.30. The lowest BCUT2D eigenvalue weighted by molar-refractivity contribution is -0.160. The Morgan fingerprint density at radius 2 is 1.94 bits per heavy atom. The molecule has 0 aromatic heterocycles. The third-order valence-corrected chi connectivity index (χ3v) is 2.82. The summed E-state index contributed by atoms with van der Waals surface area (Å²) in [5, 5.41) is 18.6. The Morgan fingerprint density at radius 1 is 1.41 bits per heavy atom. The lowest BCUT2D eigenvalue weighted by Crippen LogP contribution is -2.54. The highest BCUT2D eigenvalue weighted by atomic mass is 16.6. The van der Waals surface area contributed by atoms with Crippen LogP contribution in [-0.4, -0.2) is 39.4 Å². The number of carbonyl (C=O) groups excluding carboxylic acids is 1. The Bertz CT molecular complexity index is 335. The molecule has 1 aliphatic carbocycles. The standard InChI is InChI=1S/C11H19NO5/c1-10(2,3)17-8(14)6-4-7(13)11(12,5-6)9(15)16/h6-7,13H,4-5,12H2,1-3H3,(H,15,16). The molecule has 0 spiro atoms. The van der Waals surface area contributed by atoms with Crippen molar-refractivity contribution in [2.75, 3.05) is 0 Å². The molecule has 0 saturated heterocycles. The molecule has 6 nitrogen and oxygen atoms in total. The molecule has 1 saturated carbocycles. The van der Waals surface area contributed by atoms with E-state index in [0.717, 1.165) is 0 Å². The Labute approximate surface area is 99.7 Å². The van der Waals surface area contributed by atoms with Crippen LogP contribution in [0.2, 0.25) is 0 Å². The Morgan fingerprint density at radius 3 is 2.29 bits per heavy atom. The number of carboxylic acid groups (broad SMARTS) is 1. The Balaban J connectivity index is 2.73. The van der Waals surface area contributed by atoms with E-state index in [9.17, 15) is 14.7 Å². The average molecular weight is 245 g/mol. The number of nitrogens with two attached hydrogens (primary N) is 1. The molecule has 3 atom stereocenters. The molecule has 0 aromatic carbocycles. The van der Waals surface area contributed by atoms with Crippen molar-refractivity contribution in [3.63, 3.8) is 0 Å². The number of hydrogen-bond acceptors (Lipinski definition) is 5. The van der Waals surface area contributed by atoms with Crippen molar-refractivity contribution in [3.05, 3.63) is 0 Å². The number of esters is 1. The minimum absolute atomic E-state index is 0.0255. The second-order valence-electron chi connectivity index (χ2n) is 5.53. The first-order valence-electron chi connectivity index (χ1n) is 5.49. The van der Waals surface area contributed by atoms with E-state index in [1.807, 2.05) is 0 Å². The van der Waals surface area contributed by atoms with Crippen LogP contribution in [0.1, 0.15) is 33.6 Å². The van der Waals surface area contributed by atoms with Crippen molar-refractivity contribution in [1.29, 1.82) is 0 Å². The predicted octanol–water partition coefficient (Wildman–Crippen LogP) is -0.119. The average Bonchev–Trinajstić information content (AvgIpc) is 2.42. The van der Waals surface area contributed by atoms with E-state index in [-0.39, 0.29) is 12.8 Å². The summed E-state index contributed by atoms with van der Waals surface area (Å²) in [5.41, 5.74) is 3.20. The van der Waals surface area contributed by atoms with E-state index in [0.29, 0.717) is 0 Å². The van der Waals surface area contributed by atoms with Gasteiger partial charge in [-0.15, -0.1) is 0 Å². The van der Waals surface area contributed by atoms with Crippen LogP contribution >= 0.6 is 0 Å². The van der Waals surface area contributed by atoms with E-state index in [2.05, 4.69) is 0 Å². The van der Waals surface area contributed by atoms with E-state index < -0.39 is 35.1 Å². The fourth-order valence-corrected chi connectivity index (χ4v) is 1.90. The maximum atomic E-state index is 11.7. The first-order valence-corrected chi connectivity index (χ1v) is 5.49. The number of ether oxygens (including phenoxy) is 1. The maximum absolute atomic E-state index is 11.7. The van der Waals surface area contributed by atoms with Crippen molar-refractivity contribution >= 4 is 11.9 Å². The number of aliphatic carboxylic acids is 1. The summed E-state index contributed by atoms with van der Waals surface area (Å²) >= 11 is 0. The molecule has 98 valence electrons. The van der Waals surface area contributed by atoms with E-state index >= 15 is 0 Å². The normalized spacial score (nSPS) is 33.5. The van der Waals surface area contributed by atoms with Crippen LogP contribution in [0.5, 0.6) is 0 Å². The van der Waals surface area contributed by atoms with Gasteiger partial charge in [-0.25, -0.2) is 0 Å². The molecule has 0 bridgehead atoms. The first kappa shape index (κ1) is 13.9. The third kappa shape index (κ3) is 2.95. The summed E-state index contributed by atoms with van der Waals surface area (Å²) in [6, 6.07) is 0. The van der Waals surface area contributed by atoms with Gasteiger partial charge in [0.05, 0.1) is 12.0 Å². The highest BCUT2D eigenvalue weighted by Gasteiger charge is 2.52. The van der Waals surface area contributed by atoms with Crippen LogP contribution in [-0.2, 0) is 14.3 Å². The van der Waals surface area contributed by atoms with Crippen LogP contribution in [0.25, 0.3) is 0 Å². The van der Waals surface area contributed by atoms with Crippen LogP contribution in [0.15, 0.2) is 0 Å². The third-order valence-electron chi connectivity index (χ3n) is 2.82. The molecule has 1 fully saturated rings. The second-order valence-corrected chi connectivity index (χ2v) is 5.53. The van der Waals surface area contributed by atoms with Crippen LogP contribution in [0, 0.1) is 5.92 Å². The summed E-state index contributed by atoms with van der Waals surface area (Å²) in [6.45, 7) is 5.18. The molecule has 0 aromatic rings. The molecule has 3 unspecified atom stereocenters. The van der Waals surface area contributed by atoms with Crippen LogP contribution < -0.4 is 5.73 Å². The predicted molar refractivity (Wildman–Crippen MR) is 59.1 cm³/mol. The zero-order valence-corrected chi connectivity index (χ0v) is 10.3. The minimum Gasteiger partial charge on any atom is -0.480 e. The molecule has 0 heterocycles. The fraction of sp³-hybridized carbons (Fsp3) is 0.818. The number of rotatable bonds is 2. The van der Waals surface area contributed by atoms with Gasteiger partial charge in [-0.1, -0.05) is 0 Å². The van der Waals surface area contributed by atoms with Gasteiger partial charge in [0.2, 0.25) is 0 Å². The number of aliphatic hydroxyl groups is 1. The van der Waals surface area contributed by atoms with Crippen LogP contribution in [0.4, 0.5) is 0 Å². The molecule has 6 heteroatoms. The lowest BCUT2D eigenvalue weighted by Gasteiger charge is -2.23. The van der Waals surface area contributed by atoms with E-state index in [1.54, 1.807) is 20.8 Å². The topological polar surface area (TPSA) is 110 Å². The Hall–Kier alpha value is -1.14.